The number of rotatable bonds is 3. The van der Waals surface area contributed by atoms with Gasteiger partial charge in [-0.05, 0) is 11.6 Å². The Bertz CT molecular complexity index is 887. The first-order valence-electron chi connectivity index (χ1n) is 7.84. The largest absolute Gasteiger partial charge is 0.496 e. The lowest BCUT2D eigenvalue weighted by atomic mass is 9.84. The first-order valence-corrected chi connectivity index (χ1v) is 7.84. The van der Waals surface area contributed by atoms with Crippen LogP contribution in [0.3, 0.4) is 0 Å². The van der Waals surface area contributed by atoms with Crippen LogP contribution in [0.5, 0.6) is 5.75 Å². The normalized spacial score (nSPS) is 16.4. The molecule has 1 aliphatic rings. The third-order valence-electron chi connectivity index (χ3n) is 4.38. The number of fused-ring (bicyclic) bond motifs is 1. The summed E-state index contributed by atoms with van der Waals surface area (Å²) in [6, 6.07) is 17.8. The van der Waals surface area contributed by atoms with Gasteiger partial charge >= 0.3 is 0 Å². The fraction of sp³-hybridized carbons (Fsp3) is 0.158. The van der Waals surface area contributed by atoms with E-state index in [-0.39, 0.29) is 11.8 Å². The van der Waals surface area contributed by atoms with E-state index < -0.39 is 0 Å². The highest BCUT2D eigenvalue weighted by Crippen LogP contribution is 2.44. The van der Waals surface area contributed by atoms with Gasteiger partial charge in [0.15, 0.2) is 5.82 Å². The number of anilines is 1. The van der Waals surface area contributed by atoms with Gasteiger partial charge in [-0.25, -0.2) is 0 Å². The number of benzene rings is 2. The minimum Gasteiger partial charge on any atom is -0.496 e. The number of amides is 1. The van der Waals surface area contributed by atoms with Crippen LogP contribution in [0.2, 0.25) is 0 Å². The monoisotopic (exact) mass is 319 g/mol. The standard InChI is InChI=1S/C19H17N3O2/c1-24-15-10-6-5-9-13(15)14-11-16(23)20-19-17(14)18(21-22-19)12-7-3-2-4-8-12/h2-10,14H,11H2,1H3,(H2,20,21,22,23)/t14-/m0/s1. The summed E-state index contributed by atoms with van der Waals surface area (Å²) in [6.07, 6.45) is 0.368. The molecule has 0 fully saturated rings. The number of H-pyrrole nitrogens is 1. The minimum absolute atomic E-state index is 0.0375. The molecule has 0 bridgehead atoms. The predicted octanol–water partition coefficient (Wildman–Crippen LogP) is 3.56. The van der Waals surface area contributed by atoms with E-state index in [0.717, 1.165) is 28.1 Å². The lowest BCUT2D eigenvalue weighted by Crippen LogP contribution is -2.23. The lowest BCUT2D eigenvalue weighted by molar-refractivity contribution is -0.116. The van der Waals surface area contributed by atoms with E-state index in [1.54, 1.807) is 7.11 Å². The van der Waals surface area contributed by atoms with Gasteiger partial charge in [0, 0.05) is 23.5 Å². The van der Waals surface area contributed by atoms with Crippen LogP contribution in [0.1, 0.15) is 23.5 Å². The van der Waals surface area contributed by atoms with Crippen molar-refractivity contribution in [3.63, 3.8) is 0 Å². The Balaban J connectivity index is 1.90. The van der Waals surface area contributed by atoms with Gasteiger partial charge in [-0.3, -0.25) is 9.89 Å². The highest BCUT2D eigenvalue weighted by Gasteiger charge is 2.33. The van der Waals surface area contributed by atoms with Crippen molar-refractivity contribution in [2.75, 3.05) is 12.4 Å². The molecule has 1 amide bonds. The summed E-state index contributed by atoms with van der Waals surface area (Å²) in [4.78, 5) is 12.1. The van der Waals surface area contributed by atoms with Crippen LogP contribution in [-0.2, 0) is 4.79 Å². The van der Waals surface area contributed by atoms with E-state index in [2.05, 4.69) is 15.5 Å². The maximum Gasteiger partial charge on any atom is 0.226 e. The summed E-state index contributed by atoms with van der Waals surface area (Å²) in [5.74, 6) is 1.24. The maximum atomic E-state index is 12.1. The number of nitrogens with zero attached hydrogens (tertiary/aromatic N) is 1. The van der Waals surface area contributed by atoms with E-state index >= 15 is 0 Å². The molecule has 0 spiro atoms. The van der Waals surface area contributed by atoms with Gasteiger partial charge in [0.05, 0.1) is 12.8 Å². The number of nitrogens with one attached hydrogen (secondary N) is 2. The van der Waals surface area contributed by atoms with Gasteiger partial charge in [0.25, 0.3) is 0 Å². The van der Waals surface area contributed by atoms with Crippen LogP contribution in [0.25, 0.3) is 11.3 Å². The van der Waals surface area contributed by atoms with Gasteiger partial charge < -0.3 is 10.1 Å². The van der Waals surface area contributed by atoms with Gasteiger partial charge in [0.2, 0.25) is 5.91 Å². The zero-order chi connectivity index (χ0) is 16.5. The summed E-state index contributed by atoms with van der Waals surface area (Å²) in [6.45, 7) is 0. The fourth-order valence-electron chi connectivity index (χ4n) is 3.30. The quantitative estimate of drug-likeness (QED) is 0.775. The molecule has 0 aliphatic carbocycles. The van der Waals surface area contributed by atoms with Crippen LogP contribution >= 0.6 is 0 Å². The predicted molar refractivity (Wildman–Crippen MR) is 92.1 cm³/mol. The summed E-state index contributed by atoms with van der Waals surface area (Å²) in [5, 5.41) is 10.3. The van der Waals surface area contributed by atoms with E-state index in [0.29, 0.717) is 12.2 Å². The summed E-state index contributed by atoms with van der Waals surface area (Å²) < 4.78 is 5.51. The van der Waals surface area contributed by atoms with Gasteiger partial charge in [-0.1, -0.05) is 48.5 Å². The molecule has 5 heteroatoms. The second kappa shape index (κ2) is 5.85. The zero-order valence-electron chi connectivity index (χ0n) is 13.2. The van der Waals surface area contributed by atoms with Crippen molar-refractivity contribution in [3.8, 4) is 17.0 Å². The SMILES string of the molecule is COc1ccccc1[C@@H]1CC(=O)Nc2n[nH]c(-c3ccccc3)c21. The molecule has 24 heavy (non-hydrogen) atoms. The smallest absolute Gasteiger partial charge is 0.226 e. The maximum absolute atomic E-state index is 12.1. The van der Waals surface area contributed by atoms with Crippen molar-refractivity contribution in [2.24, 2.45) is 0 Å². The number of hydrogen-bond acceptors (Lipinski definition) is 3. The Hall–Kier alpha value is -3.08. The number of methoxy groups -OCH3 is 1. The number of carbonyl (C=O) groups excluding carboxylic acids is 1. The van der Waals surface area contributed by atoms with E-state index in [4.69, 9.17) is 4.74 Å². The minimum atomic E-state index is -0.0983. The van der Waals surface area contributed by atoms with Crippen LogP contribution in [0.15, 0.2) is 54.6 Å². The number of hydrogen-bond donors (Lipinski definition) is 2. The number of ether oxygens (including phenoxy) is 1. The molecule has 1 atom stereocenters. The van der Waals surface area contributed by atoms with Gasteiger partial charge in [0.1, 0.15) is 5.75 Å². The van der Waals surface area contributed by atoms with Crippen LogP contribution in [0, 0.1) is 0 Å². The first kappa shape index (κ1) is 14.5. The molecule has 1 aliphatic heterocycles. The average molecular weight is 319 g/mol. The number of carbonyl (C=O) groups is 1. The van der Waals surface area contributed by atoms with Gasteiger partial charge in [-0.2, -0.15) is 5.10 Å². The summed E-state index contributed by atoms with van der Waals surface area (Å²) >= 11 is 0. The molecule has 2 heterocycles. The molecule has 0 saturated heterocycles. The van der Waals surface area contributed by atoms with Crippen LogP contribution < -0.4 is 10.1 Å². The number of para-hydroxylation sites is 1. The Labute approximate surface area is 139 Å². The molecule has 1 aromatic heterocycles. The van der Waals surface area contributed by atoms with Crippen molar-refractivity contribution in [1.82, 2.24) is 10.2 Å². The summed E-state index contributed by atoms with van der Waals surface area (Å²) in [5.41, 5.74) is 3.98. The molecule has 0 saturated carbocycles. The Morgan fingerprint density at radius 1 is 1.08 bits per heavy atom. The number of aromatic nitrogens is 2. The second-order valence-electron chi connectivity index (χ2n) is 5.77. The van der Waals surface area contributed by atoms with Crippen molar-refractivity contribution in [2.45, 2.75) is 12.3 Å². The molecular weight excluding hydrogens is 302 g/mol. The molecule has 0 unspecified atom stereocenters. The lowest BCUT2D eigenvalue weighted by Gasteiger charge is -2.24. The second-order valence-corrected chi connectivity index (χ2v) is 5.77. The van der Waals surface area contributed by atoms with E-state index in [1.807, 2.05) is 54.6 Å². The fourth-order valence-corrected chi connectivity index (χ4v) is 3.30. The third-order valence-corrected chi connectivity index (χ3v) is 4.38. The molecule has 2 aromatic carbocycles. The molecule has 120 valence electrons. The highest BCUT2D eigenvalue weighted by atomic mass is 16.5. The Morgan fingerprint density at radius 3 is 2.62 bits per heavy atom. The van der Waals surface area contributed by atoms with Crippen LogP contribution in [-0.4, -0.2) is 23.2 Å². The molecule has 2 N–H and O–H groups in total. The van der Waals surface area contributed by atoms with E-state index in [1.165, 1.54) is 0 Å². The molecule has 5 nitrogen and oxygen atoms in total. The molecule has 3 aromatic rings. The van der Waals surface area contributed by atoms with Crippen molar-refractivity contribution < 1.29 is 9.53 Å². The Morgan fingerprint density at radius 2 is 1.83 bits per heavy atom. The topological polar surface area (TPSA) is 67.0 Å². The molecular formula is C19H17N3O2. The Kier molecular flexibility index (Phi) is 3.54. The summed E-state index contributed by atoms with van der Waals surface area (Å²) in [7, 11) is 1.65. The third kappa shape index (κ3) is 2.34. The zero-order valence-corrected chi connectivity index (χ0v) is 13.2. The number of aromatic amines is 1. The molecule has 4 rings (SSSR count). The van der Waals surface area contributed by atoms with Crippen molar-refractivity contribution in [1.29, 1.82) is 0 Å². The van der Waals surface area contributed by atoms with Crippen molar-refractivity contribution >= 4 is 11.7 Å². The van der Waals surface area contributed by atoms with Crippen molar-refractivity contribution in [3.05, 3.63) is 65.7 Å². The highest BCUT2D eigenvalue weighted by molar-refractivity contribution is 5.96. The molecule has 0 radical (unpaired) electrons. The van der Waals surface area contributed by atoms with Gasteiger partial charge in [-0.15, -0.1) is 0 Å². The first-order chi connectivity index (χ1) is 11.8. The van der Waals surface area contributed by atoms with Crippen LogP contribution in [0.4, 0.5) is 5.82 Å². The average Bonchev–Trinajstić information content (AvgIpc) is 3.05. The van der Waals surface area contributed by atoms with E-state index in [9.17, 15) is 4.79 Å².